The second-order valence-corrected chi connectivity index (χ2v) is 6.98. The van der Waals surface area contributed by atoms with Gasteiger partial charge in [0.1, 0.15) is 23.5 Å². The first-order valence-electron chi connectivity index (χ1n) is 9.90. The second kappa shape index (κ2) is 10.5. The van der Waals surface area contributed by atoms with E-state index in [1.54, 1.807) is 26.4 Å². The minimum Gasteiger partial charge on any atom is -0.427 e. The van der Waals surface area contributed by atoms with Crippen LogP contribution in [0.25, 0.3) is 0 Å². The standard InChI is InChI=1S/C22H26N4O4/c1-16-14-18(9-8-17-6-4-3-5-7-17)30-22(28)20(16)21(27)23-11-10-19-25-24-15-26(19)12-13-29-2/h3-7,14-15H,8-13H2,1-2H3,(H,23,27). The smallest absolute Gasteiger partial charge is 0.349 e. The zero-order valence-corrected chi connectivity index (χ0v) is 17.3. The molecule has 1 amide bonds. The van der Waals surface area contributed by atoms with E-state index in [0.29, 0.717) is 43.9 Å². The number of carbonyl (C=O) groups is 1. The fourth-order valence-electron chi connectivity index (χ4n) is 3.21. The number of methoxy groups -OCH3 is 1. The highest BCUT2D eigenvalue weighted by molar-refractivity contribution is 5.95. The maximum absolute atomic E-state index is 12.5. The molecule has 0 saturated carbocycles. The molecule has 0 spiro atoms. The molecule has 8 heteroatoms. The van der Waals surface area contributed by atoms with Crippen LogP contribution in [0.2, 0.25) is 0 Å². The lowest BCUT2D eigenvalue weighted by Crippen LogP contribution is -2.31. The van der Waals surface area contributed by atoms with Gasteiger partial charge in [0.2, 0.25) is 0 Å². The number of aromatic nitrogens is 3. The van der Waals surface area contributed by atoms with Crippen molar-refractivity contribution in [1.82, 2.24) is 20.1 Å². The van der Waals surface area contributed by atoms with Crippen LogP contribution in [0, 0.1) is 6.92 Å². The van der Waals surface area contributed by atoms with Crippen LogP contribution < -0.4 is 10.9 Å². The van der Waals surface area contributed by atoms with Crippen LogP contribution in [0.4, 0.5) is 0 Å². The van der Waals surface area contributed by atoms with Gasteiger partial charge in [-0.3, -0.25) is 4.79 Å². The van der Waals surface area contributed by atoms with Gasteiger partial charge in [-0.25, -0.2) is 4.79 Å². The summed E-state index contributed by atoms with van der Waals surface area (Å²) < 4.78 is 12.3. The third kappa shape index (κ3) is 5.64. The lowest BCUT2D eigenvalue weighted by molar-refractivity contribution is 0.0948. The van der Waals surface area contributed by atoms with E-state index >= 15 is 0 Å². The number of hydrogen-bond donors (Lipinski definition) is 1. The number of carbonyl (C=O) groups excluding carboxylic acids is 1. The molecule has 2 aromatic heterocycles. The molecule has 0 saturated heterocycles. The highest BCUT2D eigenvalue weighted by Crippen LogP contribution is 2.10. The Morgan fingerprint density at radius 1 is 1.20 bits per heavy atom. The zero-order chi connectivity index (χ0) is 21.3. The predicted molar refractivity (Wildman–Crippen MR) is 112 cm³/mol. The van der Waals surface area contributed by atoms with Gasteiger partial charge in [0.05, 0.1) is 6.61 Å². The molecule has 0 aliphatic rings. The average molecular weight is 410 g/mol. The number of ether oxygens (including phenoxy) is 1. The zero-order valence-electron chi connectivity index (χ0n) is 17.3. The molecule has 0 atom stereocenters. The number of rotatable bonds is 10. The first-order valence-corrected chi connectivity index (χ1v) is 9.90. The van der Waals surface area contributed by atoms with Crippen molar-refractivity contribution in [3.05, 3.63) is 81.4 Å². The highest BCUT2D eigenvalue weighted by atomic mass is 16.5. The molecular weight excluding hydrogens is 384 g/mol. The van der Waals surface area contributed by atoms with Crippen molar-refractivity contribution in [2.45, 2.75) is 32.7 Å². The van der Waals surface area contributed by atoms with E-state index in [2.05, 4.69) is 15.5 Å². The van der Waals surface area contributed by atoms with Gasteiger partial charge in [-0.05, 0) is 30.5 Å². The highest BCUT2D eigenvalue weighted by Gasteiger charge is 2.17. The van der Waals surface area contributed by atoms with Crippen LogP contribution >= 0.6 is 0 Å². The maximum atomic E-state index is 12.5. The van der Waals surface area contributed by atoms with Crippen molar-refractivity contribution in [3.8, 4) is 0 Å². The Hall–Kier alpha value is -3.26. The van der Waals surface area contributed by atoms with E-state index in [4.69, 9.17) is 9.15 Å². The van der Waals surface area contributed by atoms with Gasteiger partial charge in [-0.15, -0.1) is 10.2 Å². The van der Waals surface area contributed by atoms with Crippen LogP contribution in [-0.2, 0) is 30.5 Å². The topological polar surface area (TPSA) is 99.2 Å². The molecule has 0 unspecified atom stereocenters. The van der Waals surface area contributed by atoms with Crippen LogP contribution in [0.1, 0.15) is 33.1 Å². The molecule has 0 fully saturated rings. The van der Waals surface area contributed by atoms with E-state index in [0.717, 1.165) is 17.8 Å². The molecule has 2 heterocycles. The molecule has 0 bridgehead atoms. The average Bonchev–Trinajstić information content (AvgIpc) is 3.18. The number of benzene rings is 1. The number of hydrogen-bond acceptors (Lipinski definition) is 6. The summed E-state index contributed by atoms with van der Waals surface area (Å²) >= 11 is 0. The number of nitrogens with one attached hydrogen (secondary N) is 1. The number of aryl methyl sites for hydroxylation is 3. The minimum atomic E-state index is -0.612. The van der Waals surface area contributed by atoms with E-state index in [1.165, 1.54) is 0 Å². The van der Waals surface area contributed by atoms with E-state index < -0.39 is 11.5 Å². The fraction of sp³-hybridized carbons (Fsp3) is 0.364. The summed E-state index contributed by atoms with van der Waals surface area (Å²) in [4.78, 5) is 24.9. The molecule has 0 radical (unpaired) electrons. The van der Waals surface area contributed by atoms with Gasteiger partial charge < -0.3 is 19.0 Å². The third-order valence-electron chi connectivity index (χ3n) is 4.80. The second-order valence-electron chi connectivity index (χ2n) is 6.98. The minimum absolute atomic E-state index is 0.0410. The summed E-state index contributed by atoms with van der Waals surface area (Å²) in [5.41, 5.74) is 1.20. The first-order chi connectivity index (χ1) is 14.6. The molecule has 0 aliphatic heterocycles. The van der Waals surface area contributed by atoms with Crippen LogP contribution in [0.15, 0.2) is 51.9 Å². The lowest BCUT2D eigenvalue weighted by Gasteiger charge is -2.09. The molecule has 3 rings (SSSR count). The van der Waals surface area contributed by atoms with Crippen molar-refractivity contribution in [2.24, 2.45) is 0 Å². The van der Waals surface area contributed by atoms with Gasteiger partial charge >= 0.3 is 5.63 Å². The monoisotopic (exact) mass is 410 g/mol. The Bertz CT molecular complexity index is 1030. The Kier molecular flexibility index (Phi) is 7.51. The summed E-state index contributed by atoms with van der Waals surface area (Å²) in [5.74, 6) is 0.871. The summed E-state index contributed by atoms with van der Waals surface area (Å²) in [5, 5.41) is 10.7. The Morgan fingerprint density at radius 2 is 2.00 bits per heavy atom. The van der Waals surface area contributed by atoms with Crippen molar-refractivity contribution in [3.63, 3.8) is 0 Å². The molecule has 158 valence electrons. The quantitative estimate of drug-likeness (QED) is 0.548. The maximum Gasteiger partial charge on any atom is 0.349 e. The molecule has 8 nitrogen and oxygen atoms in total. The molecule has 3 aromatic rings. The molecular formula is C22H26N4O4. The van der Waals surface area contributed by atoms with Crippen molar-refractivity contribution in [2.75, 3.05) is 20.3 Å². The van der Waals surface area contributed by atoms with E-state index in [9.17, 15) is 9.59 Å². The fourth-order valence-corrected chi connectivity index (χ4v) is 3.21. The Balaban J connectivity index is 1.58. The van der Waals surface area contributed by atoms with Crippen LogP contribution in [-0.4, -0.2) is 40.9 Å². The first kappa shape index (κ1) is 21.4. The number of amides is 1. The van der Waals surface area contributed by atoms with Gasteiger partial charge in [-0.1, -0.05) is 30.3 Å². The van der Waals surface area contributed by atoms with Gasteiger partial charge in [0.25, 0.3) is 5.91 Å². The summed E-state index contributed by atoms with van der Waals surface area (Å²) in [6, 6.07) is 11.7. The largest absolute Gasteiger partial charge is 0.427 e. The SMILES string of the molecule is COCCn1cnnc1CCNC(=O)c1c(C)cc(CCc2ccccc2)oc1=O. The summed E-state index contributed by atoms with van der Waals surface area (Å²) in [7, 11) is 1.63. The van der Waals surface area contributed by atoms with Crippen molar-refractivity contribution in [1.29, 1.82) is 0 Å². The van der Waals surface area contributed by atoms with E-state index in [1.807, 2.05) is 34.9 Å². The van der Waals surface area contributed by atoms with Crippen molar-refractivity contribution >= 4 is 5.91 Å². The molecule has 30 heavy (non-hydrogen) atoms. The van der Waals surface area contributed by atoms with Gasteiger partial charge in [0, 0.05) is 33.0 Å². The molecule has 0 aliphatic carbocycles. The Labute approximate surface area is 174 Å². The lowest BCUT2D eigenvalue weighted by atomic mass is 10.1. The van der Waals surface area contributed by atoms with E-state index in [-0.39, 0.29) is 5.56 Å². The third-order valence-corrected chi connectivity index (χ3v) is 4.80. The summed E-state index contributed by atoms with van der Waals surface area (Å²) in [6.07, 6.45) is 3.48. The summed E-state index contributed by atoms with van der Waals surface area (Å²) in [6.45, 7) is 3.27. The molecule has 1 N–H and O–H groups in total. The van der Waals surface area contributed by atoms with Crippen molar-refractivity contribution < 1.29 is 13.9 Å². The Morgan fingerprint density at radius 3 is 2.73 bits per heavy atom. The molecule has 1 aromatic carbocycles. The van der Waals surface area contributed by atoms with Gasteiger partial charge in [-0.2, -0.15) is 0 Å². The van der Waals surface area contributed by atoms with Crippen LogP contribution in [0.3, 0.4) is 0 Å². The predicted octanol–water partition coefficient (Wildman–Crippen LogP) is 1.94. The number of nitrogens with zero attached hydrogens (tertiary/aromatic N) is 3. The van der Waals surface area contributed by atoms with Crippen LogP contribution in [0.5, 0.6) is 0 Å². The van der Waals surface area contributed by atoms with Gasteiger partial charge in [0.15, 0.2) is 0 Å². The normalized spacial score (nSPS) is 10.9.